The van der Waals surface area contributed by atoms with Gasteiger partial charge in [0.05, 0.1) is 24.0 Å². The summed E-state index contributed by atoms with van der Waals surface area (Å²) in [4.78, 5) is 12.2. The molecule has 0 amide bonds. The molecule has 1 fully saturated rings. The molecule has 1 N–H and O–H groups in total. The Hall–Kier alpha value is -2.23. The van der Waals surface area contributed by atoms with E-state index in [0.717, 1.165) is 34.7 Å². The summed E-state index contributed by atoms with van der Waals surface area (Å²) < 4.78 is 31.2. The zero-order valence-corrected chi connectivity index (χ0v) is 17.9. The van der Waals surface area contributed by atoms with E-state index >= 15 is 0 Å². The highest BCUT2D eigenvalue weighted by atomic mass is 32.2. The van der Waals surface area contributed by atoms with Crippen molar-refractivity contribution in [3.8, 4) is 11.4 Å². The molecule has 0 aliphatic carbocycles. The van der Waals surface area contributed by atoms with E-state index in [2.05, 4.69) is 23.2 Å². The second-order valence-corrected chi connectivity index (χ2v) is 10.4. The molecule has 0 unspecified atom stereocenters. The van der Waals surface area contributed by atoms with E-state index in [-0.39, 0.29) is 10.9 Å². The summed E-state index contributed by atoms with van der Waals surface area (Å²) >= 11 is 1.39. The zero-order chi connectivity index (χ0) is 20.2. The summed E-state index contributed by atoms with van der Waals surface area (Å²) in [6, 6.07) is 6.22. The van der Waals surface area contributed by atoms with Gasteiger partial charge in [0, 0.05) is 36.0 Å². The number of fused-ring (bicyclic) bond motifs is 2. The summed E-state index contributed by atoms with van der Waals surface area (Å²) in [5.41, 5.74) is 3.76. The van der Waals surface area contributed by atoms with Crippen LogP contribution in [0.15, 0.2) is 28.5 Å². The molecule has 0 spiro atoms. The maximum absolute atomic E-state index is 12.4. The van der Waals surface area contributed by atoms with Crippen LogP contribution < -0.4 is 10.2 Å². The first-order valence-electron chi connectivity index (χ1n) is 9.63. The van der Waals surface area contributed by atoms with Gasteiger partial charge in [-0.05, 0) is 25.0 Å². The van der Waals surface area contributed by atoms with E-state index in [1.165, 1.54) is 23.2 Å². The number of aromatic nitrogens is 2. The van der Waals surface area contributed by atoms with Crippen LogP contribution in [0.5, 0.6) is 0 Å². The van der Waals surface area contributed by atoms with Gasteiger partial charge in [0.25, 0.3) is 0 Å². The van der Waals surface area contributed by atoms with Gasteiger partial charge in [0.1, 0.15) is 10.4 Å². The van der Waals surface area contributed by atoms with Crippen molar-refractivity contribution in [2.24, 2.45) is 0 Å². The second-order valence-electron chi connectivity index (χ2n) is 7.55. The van der Waals surface area contributed by atoms with Crippen molar-refractivity contribution in [2.45, 2.75) is 24.3 Å². The Kier molecular flexibility index (Phi) is 4.49. The third kappa shape index (κ3) is 3.17. The van der Waals surface area contributed by atoms with Crippen molar-refractivity contribution in [1.29, 1.82) is 0 Å². The van der Waals surface area contributed by atoms with Crippen molar-refractivity contribution in [3.05, 3.63) is 29.1 Å². The van der Waals surface area contributed by atoms with Crippen LogP contribution in [0.25, 0.3) is 21.6 Å². The molecule has 2 aliphatic rings. The molecule has 0 saturated carbocycles. The van der Waals surface area contributed by atoms with Crippen molar-refractivity contribution >= 4 is 42.9 Å². The number of benzene rings is 1. The molecular weight excluding hydrogens is 408 g/mol. The first kappa shape index (κ1) is 18.8. The normalized spacial score (nSPS) is 19.4. The average molecular weight is 431 g/mol. The molecule has 152 valence electrons. The molecule has 29 heavy (non-hydrogen) atoms. The number of hydrogen-bond acceptors (Lipinski definition) is 8. The van der Waals surface area contributed by atoms with E-state index in [1.807, 2.05) is 12.1 Å². The maximum Gasteiger partial charge on any atom is 0.178 e. The Morgan fingerprint density at radius 3 is 2.97 bits per heavy atom. The predicted molar refractivity (Wildman–Crippen MR) is 116 cm³/mol. The topological polar surface area (TPSA) is 84.4 Å². The van der Waals surface area contributed by atoms with Gasteiger partial charge < -0.3 is 15.0 Å². The number of nitrogens with one attached hydrogen (secondary N) is 1. The van der Waals surface area contributed by atoms with Crippen molar-refractivity contribution < 1.29 is 13.2 Å². The molecule has 2 aromatic heterocycles. The van der Waals surface area contributed by atoms with Gasteiger partial charge in [0.2, 0.25) is 0 Å². The highest BCUT2D eigenvalue weighted by Gasteiger charge is 2.28. The van der Waals surface area contributed by atoms with Crippen LogP contribution in [0, 0.1) is 0 Å². The minimum absolute atomic E-state index is 0.154. The number of rotatable bonds is 3. The Labute approximate surface area is 173 Å². The van der Waals surface area contributed by atoms with E-state index in [0.29, 0.717) is 31.1 Å². The standard InChI is InChI=1S/C20H22N4O3S2/c1-12-10-27-9-8-24(12)20-18-17(16(11-28-18)29(2,25)26)22-19(23-20)14-4-3-5-15-13(14)6-7-21-15/h3-5,11-12,21H,6-10H2,1-2H3/t12-/m1/s1. The molecule has 1 atom stereocenters. The lowest BCUT2D eigenvalue weighted by atomic mass is 10.0. The Morgan fingerprint density at radius 2 is 2.17 bits per heavy atom. The van der Waals surface area contributed by atoms with Gasteiger partial charge in [0.15, 0.2) is 21.5 Å². The number of hydrogen-bond donors (Lipinski definition) is 1. The minimum atomic E-state index is -3.39. The smallest absolute Gasteiger partial charge is 0.178 e. The second kappa shape index (κ2) is 6.93. The summed E-state index contributed by atoms with van der Waals surface area (Å²) in [6.07, 6.45) is 2.14. The Bertz CT molecular complexity index is 1210. The van der Waals surface area contributed by atoms with Crippen molar-refractivity contribution in [3.63, 3.8) is 0 Å². The summed E-state index contributed by atoms with van der Waals surface area (Å²) in [6.45, 7) is 4.94. The van der Waals surface area contributed by atoms with Crippen LogP contribution in [0.3, 0.4) is 0 Å². The van der Waals surface area contributed by atoms with E-state index in [9.17, 15) is 8.42 Å². The Morgan fingerprint density at radius 1 is 1.31 bits per heavy atom. The number of ether oxygens (including phenoxy) is 1. The van der Waals surface area contributed by atoms with Crippen molar-refractivity contribution in [1.82, 2.24) is 9.97 Å². The number of nitrogens with zero attached hydrogens (tertiary/aromatic N) is 3. The minimum Gasteiger partial charge on any atom is -0.384 e. The fraction of sp³-hybridized carbons (Fsp3) is 0.400. The molecule has 4 heterocycles. The van der Waals surface area contributed by atoms with Gasteiger partial charge in [-0.15, -0.1) is 11.3 Å². The molecule has 2 aliphatic heterocycles. The van der Waals surface area contributed by atoms with Gasteiger partial charge in [-0.1, -0.05) is 12.1 Å². The van der Waals surface area contributed by atoms with Gasteiger partial charge in [-0.3, -0.25) is 0 Å². The van der Waals surface area contributed by atoms with Gasteiger partial charge >= 0.3 is 0 Å². The molecule has 9 heteroatoms. The highest BCUT2D eigenvalue weighted by molar-refractivity contribution is 7.91. The lowest BCUT2D eigenvalue weighted by Gasteiger charge is -2.34. The van der Waals surface area contributed by atoms with E-state index < -0.39 is 9.84 Å². The van der Waals surface area contributed by atoms with Crippen LogP contribution in [-0.2, 0) is 21.0 Å². The lowest BCUT2D eigenvalue weighted by Crippen LogP contribution is -2.44. The third-order valence-electron chi connectivity index (χ3n) is 5.51. The molecular formula is C20H22N4O3S2. The highest BCUT2D eigenvalue weighted by Crippen LogP contribution is 2.39. The summed E-state index contributed by atoms with van der Waals surface area (Å²) in [7, 11) is -3.39. The maximum atomic E-state index is 12.4. The fourth-order valence-electron chi connectivity index (χ4n) is 4.06. The molecule has 5 rings (SSSR count). The van der Waals surface area contributed by atoms with Crippen LogP contribution >= 0.6 is 11.3 Å². The predicted octanol–water partition coefficient (Wildman–Crippen LogP) is 2.95. The number of anilines is 2. The largest absolute Gasteiger partial charge is 0.384 e. The molecule has 3 aromatic rings. The fourth-order valence-corrected chi connectivity index (χ4v) is 6.33. The number of sulfone groups is 1. The number of thiophene rings is 1. The summed E-state index contributed by atoms with van der Waals surface area (Å²) in [5.74, 6) is 1.37. The van der Waals surface area contributed by atoms with Gasteiger partial charge in [-0.2, -0.15) is 0 Å². The van der Waals surface area contributed by atoms with E-state index in [4.69, 9.17) is 14.7 Å². The van der Waals surface area contributed by atoms with Crippen molar-refractivity contribution in [2.75, 3.05) is 42.8 Å². The van der Waals surface area contributed by atoms with Gasteiger partial charge in [-0.25, -0.2) is 18.4 Å². The zero-order valence-electron chi connectivity index (χ0n) is 16.3. The molecule has 1 saturated heterocycles. The first-order chi connectivity index (χ1) is 13.9. The average Bonchev–Trinajstić information content (AvgIpc) is 3.34. The van der Waals surface area contributed by atoms with Crippen LogP contribution in [0.2, 0.25) is 0 Å². The molecule has 0 bridgehead atoms. The third-order valence-corrected chi connectivity index (χ3v) is 7.74. The number of morpholine rings is 1. The lowest BCUT2D eigenvalue weighted by molar-refractivity contribution is 0.0987. The Balaban J connectivity index is 1.78. The SMILES string of the molecule is C[C@@H]1COCCN1c1nc(-c2cccc3c2CCN3)nc2c(S(C)(=O)=O)csc12. The quantitative estimate of drug-likeness (QED) is 0.684. The summed E-state index contributed by atoms with van der Waals surface area (Å²) in [5, 5.41) is 5.07. The van der Waals surface area contributed by atoms with Crippen LogP contribution in [0.4, 0.5) is 11.5 Å². The first-order valence-corrected chi connectivity index (χ1v) is 12.4. The van der Waals surface area contributed by atoms with Crippen LogP contribution in [-0.4, -0.2) is 57.0 Å². The van der Waals surface area contributed by atoms with Crippen LogP contribution in [0.1, 0.15) is 12.5 Å². The molecule has 1 aromatic carbocycles. The molecule has 0 radical (unpaired) electrons. The monoisotopic (exact) mass is 430 g/mol. The molecule has 7 nitrogen and oxygen atoms in total. The van der Waals surface area contributed by atoms with E-state index in [1.54, 1.807) is 5.38 Å².